The SMILES string of the molecule is CC(O)(O)N1CCCCC1. The van der Waals surface area contributed by atoms with Crippen molar-refractivity contribution in [2.45, 2.75) is 32.1 Å². The zero-order chi connectivity index (χ0) is 7.61. The molecule has 0 aliphatic carbocycles. The monoisotopic (exact) mass is 145 g/mol. The Kier molecular flexibility index (Phi) is 2.28. The van der Waals surface area contributed by atoms with Crippen molar-refractivity contribution in [2.24, 2.45) is 0 Å². The van der Waals surface area contributed by atoms with Crippen LogP contribution in [0.1, 0.15) is 26.2 Å². The fourth-order valence-corrected chi connectivity index (χ4v) is 1.32. The van der Waals surface area contributed by atoms with Crippen molar-refractivity contribution in [3.8, 4) is 0 Å². The van der Waals surface area contributed by atoms with E-state index in [9.17, 15) is 0 Å². The minimum atomic E-state index is -1.60. The third-order valence-electron chi connectivity index (χ3n) is 1.96. The predicted molar refractivity (Wildman–Crippen MR) is 38.3 cm³/mol. The number of hydrogen-bond acceptors (Lipinski definition) is 3. The molecular formula is C7H15NO2. The standard InChI is InChI=1S/C7H15NO2/c1-7(9,10)8-5-3-2-4-6-8/h9-10H,2-6H2,1H3. The molecule has 0 atom stereocenters. The maximum absolute atomic E-state index is 9.12. The largest absolute Gasteiger partial charge is 0.353 e. The van der Waals surface area contributed by atoms with E-state index < -0.39 is 5.91 Å². The van der Waals surface area contributed by atoms with E-state index in [0.717, 1.165) is 25.9 Å². The molecule has 0 aromatic rings. The molecule has 1 rings (SSSR count). The molecule has 0 unspecified atom stereocenters. The smallest absolute Gasteiger partial charge is 0.221 e. The van der Waals surface area contributed by atoms with Crippen LogP contribution >= 0.6 is 0 Å². The summed E-state index contributed by atoms with van der Waals surface area (Å²) in [6.07, 6.45) is 3.37. The summed E-state index contributed by atoms with van der Waals surface area (Å²) in [5.41, 5.74) is 0. The number of hydrogen-bond donors (Lipinski definition) is 2. The van der Waals surface area contributed by atoms with Gasteiger partial charge in [-0.3, -0.25) is 4.90 Å². The second-order valence-corrected chi connectivity index (χ2v) is 3.02. The quantitative estimate of drug-likeness (QED) is 0.515. The van der Waals surface area contributed by atoms with Gasteiger partial charge < -0.3 is 10.2 Å². The average Bonchev–Trinajstić information content (AvgIpc) is 1.88. The number of rotatable bonds is 1. The lowest BCUT2D eigenvalue weighted by Crippen LogP contribution is -2.48. The molecule has 0 radical (unpaired) electrons. The lowest BCUT2D eigenvalue weighted by molar-refractivity contribution is -0.253. The minimum Gasteiger partial charge on any atom is -0.353 e. The molecular weight excluding hydrogens is 130 g/mol. The van der Waals surface area contributed by atoms with Gasteiger partial charge in [0.15, 0.2) is 0 Å². The first kappa shape index (κ1) is 7.98. The molecule has 0 saturated carbocycles. The van der Waals surface area contributed by atoms with E-state index in [4.69, 9.17) is 10.2 Å². The third-order valence-corrected chi connectivity index (χ3v) is 1.96. The van der Waals surface area contributed by atoms with E-state index in [-0.39, 0.29) is 0 Å². The van der Waals surface area contributed by atoms with Gasteiger partial charge in [-0.05, 0) is 12.8 Å². The molecule has 1 fully saturated rings. The van der Waals surface area contributed by atoms with Gasteiger partial charge in [-0.2, -0.15) is 0 Å². The van der Waals surface area contributed by atoms with E-state index >= 15 is 0 Å². The topological polar surface area (TPSA) is 43.7 Å². The Morgan fingerprint density at radius 1 is 1.10 bits per heavy atom. The maximum atomic E-state index is 9.12. The molecule has 1 aliphatic heterocycles. The highest BCUT2D eigenvalue weighted by Crippen LogP contribution is 2.15. The van der Waals surface area contributed by atoms with Crippen molar-refractivity contribution >= 4 is 0 Å². The van der Waals surface area contributed by atoms with Crippen LogP contribution in [-0.2, 0) is 0 Å². The number of likely N-dealkylation sites (tertiary alicyclic amines) is 1. The van der Waals surface area contributed by atoms with Gasteiger partial charge in [-0.1, -0.05) is 6.42 Å². The summed E-state index contributed by atoms with van der Waals surface area (Å²) < 4.78 is 0. The zero-order valence-electron chi connectivity index (χ0n) is 6.38. The van der Waals surface area contributed by atoms with Gasteiger partial charge >= 0.3 is 0 Å². The van der Waals surface area contributed by atoms with Gasteiger partial charge in [0.05, 0.1) is 0 Å². The number of nitrogens with zero attached hydrogens (tertiary/aromatic N) is 1. The Balaban J connectivity index is 2.39. The lowest BCUT2D eigenvalue weighted by Gasteiger charge is -2.34. The first-order valence-electron chi connectivity index (χ1n) is 3.80. The Morgan fingerprint density at radius 2 is 1.60 bits per heavy atom. The minimum absolute atomic E-state index is 0.809. The second kappa shape index (κ2) is 2.86. The highest BCUT2D eigenvalue weighted by atomic mass is 16.5. The predicted octanol–water partition coefficient (Wildman–Crippen LogP) is 0.131. The summed E-state index contributed by atoms with van der Waals surface area (Å²) in [7, 11) is 0. The highest BCUT2D eigenvalue weighted by Gasteiger charge is 2.26. The van der Waals surface area contributed by atoms with Gasteiger partial charge in [0, 0.05) is 20.0 Å². The Bertz CT molecular complexity index is 103. The number of aliphatic hydroxyl groups is 2. The van der Waals surface area contributed by atoms with E-state index in [0.29, 0.717) is 0 Å². The van der Waals surface area contributed by atoms with Gasteiger partial charge in [0.2, 0.25) is 5.91 Å². The van der Waals surface area contributed by atoms with Crippen LogP contribution in [-0.4, -0.2) is 34.1 Å². The van der Waals surface area contributed by atoms with E-state index in [2.05, 4.69) is 0 Å². The molecule has 10 heavy (non-hydrogen) atoms. The maximum Gasteiger partial charge on any atom is 0.221 e. The third kappa shape index (κ3) is 1.94. The van der Waals surface area contributed by atoms with Crippen molar-refractivity contribution in [1.82, 2.24) is 4.90 Å². The van der Waals surface area contributed by atoms with Gasteiger partial charge in [-0.25, -0.2) is 0 Å². The van der Waals surface area contributed by atoms with Crippen molar-refractivity contribution < 1.29 is 10.2 Å². The van der Waals surface area contributed by atoms with Crippen molar-refractivity contribution in [2.75, 3.05) is 13.1 Å². The summed E-state index contributed by atoms with van der Waals surface area (Å²) in [4.78, 5) is 1.69. The summed E-state index contributed by atoms with van der Waals surface area (Å²) in [6, 6.07) is 0. The highest BCUT2D eigenvalue weighted by molar-refractivity contribution is 4.68. The van der Waals surface area contributed by atoms with Crippen LogP contribution in [0, 0.1) is 0 Å². The molecule has 0 spiro atoms. The molecule has 0 aromatic carbocycles. The molecule has 0 amide bonds. The molecule has 1 aliphatic rings. The van der Waals surface area contributed by atoms with Crippen molar-refractivity contribution in [1.29, 1.82) is 0 Å². The summed E-state index contributed by atoms with van der Waals surface area (Å²) in [5, 5.41) is 18.2. The van der Waals surface area contributed by atoms with E-state index in [1.165, 1.54) is 13.3 Å². The fourth-order valence-electron chi connectivity index (χ4n) is 1.32. The van der Waals surface area contributed by atoms with Gasteiger partial charge in [0.1, 0.15) is 0 Å². The number of piperidine rings is 1. The molecule has 0 aromatic heterocycles. The summed E-state index contributed by atoms with van der Waals surface area (Å²) in [5.74, 6) is -1.60. The Hall–Kier alpha value is -0.120. The normalized spacial score (nSPS) is 23.1. The first-order chi connectivity index (χ1) is 4.61. The van der Waals surface area contributed by atoms with Crippen LogP contribution in [0.3, 0.4) is 0 Å². The Morgan fingerprint density at radius 3 is 1.90 bits per heavy atom. The molecule has 0 bridgehead atoms. The van der Waals surface area contributed by atoms with Crippen LogP contribution in [0.25, 0.3) is 0 Å². The van der Waals surface area contributed by atoms with Gasteiger partial charge in [0.25, 0.3) is 0 Å². The molecule has 3 heteroatoms. The second-order valence-electron chi connectivity index (χ2n) is 3.02. The van der Waals surface area contributed by atoms with E-state index in [1.54, 1.807) is 4.90 Å². The average molecular weight is 145 g/mol. The van der Waals surface area contributed by atoms with Crippen LogP contribution in [0.2, 0.25) is 0 Å². The summed E-state index contributed by atoms with van der Waals surface area (Å²) in [6.45, 7) is 3.03. The lowest BCUT2D eigenvalue weighted by atomic mass is 10.1. The van der Waals surface area contributed by atoms with Crippen LogP contribution in [0.5, 0.6) is 0 Å². The molecule has 1 saturated heterocycles. The van der Waals surface area contributed by atoms with Crippen LogP contribution in [0.4, 0.5) is 0 Å². The first-order valence-corrected chi connectivity index (χ1v) is 3.80. The molecule has 60 valence electrons. The van der Waals surface area contributed by atoms with Crippen LogP contribution < -0.4 is 0 Å². The van der Waals surface area contributed by atoms with Crippen molar-refractivity contribution in [3.05, 3.63) is 0 Å². The van der Waals surface area contributed by atoms with Crippen molar-refractivity contribution in [3.63, 3.8) is 0 Å². The summed E-state index contributed by atoms with van der Waals surface area (Å²) >= 11 is 0. The Labute approximate surface area is 61.3 Å². The fraction of sp³-hybridized carbons (Fsp3) is 1.00. The van der Waals surface area contributed by atoms with Crippen LogP contribution in [0.15, 0.2) is 0 Å². The van der Waals surface area contributed by atoms with Gasteiger partial charge in [-0.15, -0.1) is 0 Å². The molecule has 3 nitrogen and oxygen atoms in total. The zero-order valence-corrected chi connectivity index (χ0v) is 6.38. The molecule has 1 heterocycles. The molecule has 2 N–H and O–H groups in total. The van der Waals surface area contributed by atoms with E-state index in [1.807, 2.05) is 0 Å².